The van der Waals surface area contributed by atoms with Crippen molar-refractivity contribution in [3.05, 3.63) is 59.4 Å². The number of rotatable bonds is 6. The van der Waals surface area contributed by atoms with E-state index < -0.39 is 23.5 Å². The van der Waals surface area contributed by atoms with E-state index in [9.17, 15) is 27.6 Å². The molecule has 4 aliphatic rings. The Kier molecular flexibility index (Phi) is 6.41. The Morgan fingerprint density at radius 2 is 1.81 bits per heavy atom. The quantitative estimate of drug-likeness (QED) is 0.426. The van der Waals surface area contributed by atoms with E-state index in [1.54, 1.807) is 6.07 Å². The Labute approximate surface area is 240 Å². The van der Waals surface area contributed by atoms with Crippen molar-refractivity contribution in [2.24, 2.45) is 5.41 Å². The molecule has 8 nitrogen and oxygen atoms in total. The van der Waals surface area contributed by atoms with E-state index in [0.29, 0.717) is 37.2 Å². The molecular weight excluding hydrogens is 547 g/mol. The number of carbonyl (C=O) groups is 3. The van der Waals surface area contributed by atoms with Crippen LogP contribution >= 0.6 is 0 Å². The summed E-state index contributed by atoms with van der Waals surface area (Å²) in [4.78, 5) is 41.2. The van der Waals surface area contributed by atoms with Gasteiger partial charge >= 0.3 is 6.18 Å². The number of hydrogen-bond donors (Lipinski definition) is 1. The lowest BCUT2D eigenvalue weighted by molar-refractivity contribution is -0.256. The van der Waals surface area contributed by atoms with Crippen molar-refractivity contribution < 1.29 is 27.6 Å². The maximum absolute atomic E-state index is 13.6. The van der Waals surface area contributed by atoms with E-state index in [1.807, 2.05) is 46.2 Å². The molecule has 0 unspecified atom stereocenters. The summed E-state index contributed by atoms with van der Waals surface area (Å²) < 4.78 is 42.9. The summed E-state index contributed by atoms with van der Waals surface area (Å²) in [5, 5.41) is 8.71. The second kappa shape index (κ2) is 9.93. The minimum atomic E-state index is -4.14. The number of amides is 3. The first-order chi connectivity index (χ1) is 20.1. The molecule has 1 aliphatic carbocycles. The van der Waals surface area contributed by atoms with Crippen LogP contribution in [0.25, 0.3) is 10.8 Å². The summed E-state index contributed by atoms with van der Waals surface area (Å²) in [7, 11) is 0. The lowest BCUT2D eigenvalue weighted by Crippen LogP contribution is -2.53. The second-order valence-corrected chi connectivity index (χ2v) is 12.3. The topological polar surface area (TPSA) is 87.5 Å². The van der Waals surface area contributed by atoms with Gasteiger partial charge in [-0.05, 0) is 60.7 Å². The maximum Gasteiger partial charge on any atom is 0.395 e. The fourth-order valence-electron chi connectivity index (χ4n) is 7.25. The molecule has 1 N–H and O–H groups in total. The van der Waals surface area contributed by atoms with Crippen molar-refractivity contribution in [2.75, 3.05) is 24.5 Å². The van der Waals surface area contributed by atoms with Crippen LogP contribution in [-0.4, -0.2) is 64.3 Å². The predicted molar refractivity (Wildman–Crippen MR) is 149 cm³/mol. The molecule has 11 heteroatoms. The molecule has 4 heterocycles. The van der Waals surface area contributed by atoms with Gasteiger partial charge in [0.1, 0.15) is 6.04 Å². The van der Waals surface area contributed by atoms with Gasteiger partial charge in [0.05, 0.1) is 23.3 Å². The zero-order chi connectivity index (χ0) is 29.2. The number of nitrogens with zero attached hydrogens (tertiary/aromatic N) is 4. The minimum absolute atomic E-state index is 0.0993. The van der Waals surface area contributed by atoms with Crippen LogP contribution < -0.4 is 10.2 Å². The smallest absolute Gasteiger partial charge is 0.302 e. The largest absolute Gasteiger partial charge is 0.395 e. The summed E-state index contributed by atoms with van der Waals surface area (Å²) in [6, 6.07) is 8.88. The molecule has 1 saturated carbocycles. The van der Waals surface area contributed by atoms with Crippen LogP contribution in [0, 0.1) is 5.41 Å². The van der Waals surface area contributed by atoms with Crippen LogP contribution in [0.2, 0.25) is 0 Å². The summed E-state index contributed by atoms with van der Waals surface area (Å²) in [5.74, 6) is -1.01. The molecule has 0 spiro atoms. The fraction of sp³-hybridized carbons (Fsp3) is 0.484. The Hall–Kier alpha value is -3.73. The third kappa shape index (κ3) is 4.40. The van der Waals surface area contributed by atoms with Gasteiger partial charge in [-0.25, -0.2) is 0 Å². The van der Waals surface area contributed by atoms with Gasteiger partial charge in [-0.1, -0.05) is 24.6 Å². The average Bonchev–Trinajstić information content (AvgIpc) is 3.51. The van der Waals surface area contributed by atoms with Gasteiger partial charge in [0.25, 0.3) is 5.91 Å². The van der Waals surface area contributed by atoms with E-state index in [4.69, 9.17) is 0 Å². The molecule has 2 aromatic carbocycles. The number of alkyl halides is 3. The number of halogens is 3. The van der Waals surface area contributed by atoms with Crippen LogP contribution in [-0.2, 0) is 16.0 Å². The van der Waals surface area contributed by atoms with Crippen molar-refractivity contribution >= 4 is 34.2 Å². The Bertz CT molecular complexity index is 1590. The molecule has 0 bridgehead atoms. The lowest BCUT2D eigenvalue weighted by atomic mass is 9.67. The highest BCUT2D eigenvalue weighted by atomic mass is 19.4. The van der Waals surface area contributed by atoms with Crippen LogP contribution in [0.1, 0.15) is 72.5 Å². The van der Waals surface area contributed by atoms with Crippen molar-refractivity contribution in [3.8, 4) is 0 Å². The van der Waals surface area contributed by atoms with Crippen molar-refractivity contribution in [1.82, 2.24) is 20.0 Å². The zero-order valence-electron chi connectivity index (χ0n) is 23.1. The molecule has 1 aromatic heterocycles. The first kappa shape index (κ1) is 27.1. The molecular formula is C31H32F3N5O3. The van der Waals surface area contributed by atoms with Crippen LogP contribution in [0.5, 0.6) is 0 Å². The molecule has 42 heavy (non-hydrogen) atoms. The number of benzene rings is 2. The van der Waals surface area contributed by atoms with Gasteiger partial charge in [0.15, 0.2) is 0 Å². The van der Waals surface area contributed by atoms with Gasteiger partial charge in [0, 0.05) is 49.6 Å². The summed E-state index contributed by atoms with van der Waals surface area (Å²) >= 11 is 0. The number of carbonyl (C=O) groups excluding carboxylic acids is 3. The van der Waals surface area contributed by atoms with Gasteiger partial charge in [0.2, 0.25) is 11.8 Å². The average molecular weight is 580 g/mol. The van der Waals surface area contributed by atoms with Gasteiger partial charge in [-0.15, -0.1) is 0 Å². The second-order valence-electron chi connectivity index (χ2n) is 12.3. The number of imide groups is 1. The number of anilines is 1. The van der Waals surface area contributed by atoms with Crippen molar-refractivity contribution in [2.45, 2.75) is 69.6 Å². The molecule has 2 saturated heterocycles. The first-order valence-electron chi connectivity index (χ1n) is 14.7. The normalized spacial score (nSPS) is 23.0. The minimum Gasteiger partial charge on any atom is -0.302 e. The van der Waals surface area contributed by atoms with Crippen molar-refractivity contribution in [1.29, 1.82) is 0 Å². The van der Waals surface area contributed by atoms with Crippen LogP contribution in [0.15, 0.2) is 42.7 Å². The third-order valence-corrected chi connectivity index (χ3v) is 9.76. The lowest BCUT2D eigenvalue weighted by Gasteiger charge is -2.47. The Morgan fingerprint density at radius 1 is 1.02 bits per heavy atom. The Balaban J connectivity index is 1.06. The standard InChI is InChI=1S/C31H32F3N5O3/c32-31(33,34)30(11-2-12-30)18-37-13-9-21(10-14-37)38-17-19(16-35-38)15-20-5-6-24-27-22(20)3-1-4-23(27)29(42)39(24)25-7-8-26(40)36-28(25)41/h1,3-6,16-17,21,25H,2,7-15,18H2,(H,36,40,41)/t25-/m0/s1. The Morgan fingerprint density at radius 3 is 2.50 bits per heavy atom. The number of piperidine rings is 2. The zero-order valence-corrected chi connectivity index (χ0v) is 23.1. The number of aromatic nitrogens is 2. The van der Waals surface area contributed by atoms with E-state index in [1.165, 1.54) is 4.90 Å². The molecule has 220 valence electrons. The number of nitrogens with one attached hydrogen (secondary N) is 1. The molecule has 3 aromatic rings. The van der Waals surface area contributed by atoms with Crippen molar-refractivity contribution in [3.63, 3.8) is 0 Å². The molecule has 3 amide bonds. The number of hydrogen-bond acceptors (Lipinski definition) is 5. The monoisotopic (exact) mass is 579 g/mol. The van der Waals surface area contributed by atoms with E-state index >= 15 is 0 Å². The predicted octanol–water partition coefficient (Wildman–Crippen LogP) is 4.76. The SMILES string of the molecule is O=C1CC[C@H](N2C(=O)c3cccc4c(Cc5cnn(C6CCN(CC7(C(F)(F)F)CCC7)CC6)c5)ccc2c34)C(=O)N1. The highest BCUT2D eigenvalue weighted by molar-refractivity contribution is 6.27. The molecule has 3 fully saturated rings. The first-order valence-corrected chi connectivity index (χ1v) is 14.7. The van der Waals surface area contributed by atoms with E-state index in [2.05, 4.69) is 10.4 Å². The number of likely N-dealkylation sites (tertiary alicyclic amines) is 1. The van der Waals surface area contributed by atoms with E-state index in [-0.39, 0.29) is 50.1 Å². The molecule has 7 rings (SSSR count). The maximum atomic E-state index is 13.6. The highest BCUT2D eigenvalue weighted by Crippen LogP contribution is 2.53. The van der Waals surface area contributed by atoms with Gasteiger partial charge in [-0.2, -0.15) is 18.3 Å². The highest BCUT2D eigenvalue weighted by Gasteiger charge is 2.58. The molecule has 3 aliphatic heterocycles. The summed E-state index contributed by atoms with van der Waals surface area (Å²) in [5.41, 5.74) is 1.74. The van der Waals surface area contributed by atoms with Gasteiger partial charge < -0.3 is 4.90 Å². The van der Waals surface area contributed by atoms with Gasteiger partial charge in [-0.3, -0.25) is 29.3 Å². The molecule has 0 radical (unpaired) electrons. The molecule has 1 atom stereocenters. The summed E-state index contributed by atoms with van der Waals surface area (Å²) in [6.45, 7) is 1.36. The summed E-state index contributed by atoms with van der Waals surface area (Å²) in [6.07, 6.45) is 3.43. The fourth-order valence-corrected chi connectivity index (χ4v) is 7.25. The third-order valence-electron chi connectivity index (χ3n) is 9.76. The van der Waals surface area contributed by atoms with E-state index in [0.717, 1.165) is 34.7 Å². The van der Waals surface area contributed by atoms with Crippen LogP contribution in [0.4, 0.5) is 18.9 Å². The van der Waals surface area contributed by atoms with Crippen LogP contribution in [0.3, 0.4) is 0 Å².